The summed E-state index contributed by atoms with van der Waals surface area (Å²) in [4.78, 5) is 17.1. The molecule has 0 saturated heterocycles. The number of benzene rings is 1. The first-order valence-electron chi connectivity index (χ1n) is 7.68. The number of nitrogens with one attached hydrogen (secondary N) is 1. The zero-order valence-corrected chi connectivity index (χ0v) is 15.2. The van der Waals surface area contributed by atoms with Crippen LogP contribution in [0.3, 0.4) is 0 Å². The number of aromatic nitrogens is 3. The van der Waals surface area contributed by atoms with Crippen molar-refractivity contribution < 1.29 is 4.79 Å². The van der Waals surface area contributed by atoms with Crippen LogP contribution in [0.5, 0.6) is 0 Å². The van der Waals surface area contributed by atoms with Crippen LogP contribution in [0.1, 0.15) is 23.2 Å². The molecule has 0 spiro atoms. The van der Waals surface area contributed by atoms with Gasteiger partial charge in [0.1, 0.15) is 5.82 Å². The quantitative estimate of drug-likeness (QED) is 0.379. The van der Waals surface area contributed by atoms with Gasteiger partial charge in [-0.15, -0.1) is 11.8 Å². The van der Waals surface area contributed by atoms with E-state index in [4.69, 9.17) is 0 Å². The highest BCUT2D eigenvalue weighted by molar-refractivity contribution is 9.11. The molecular weight excluding hydrogens is 388 g/mol. The van der Waals surface area contributed by atoms with Gasteiger partial charge in [-0.2, -0.15) is 9.61 Å². The molecule has 0 amide bonds. The molecule has 1 fully saturated rings. The maximum Gasteiger partial charge on any atom is 0.168 e. The van der Waals surface area contributed by atoms with Crippen LogP contribution in [0, 0.1) is 0 Å². The molecule has 1 aromatic carbocycles. The molecule has 1 saturated carbocycles. The van der Waals surface area contributed by atoms with Crippen molar-refractivity contribution in [3.05, 3.63) is 42.1 Å². The number of carbonyl (C=O) groups is 1. The van der Waals surface area contributed by atoms with Crippen LogP contribution in [0.2, 0.25) is 0 Å². The van der Waals surface area contributed by atoms with Gasteiger partial charge in [0.2, 0.25) is 0 Å². The van der Waals surface area contributed by atoms with Crippen LogP contribution in [0.4, 0.5) is 5.82 Å². The fraction of sp³-hybridized carbons (Fsp3) is 0.235. The number of hydrogen-bond donors (Lipinski definition) is 1. The third-order valence-electron chi connectivity index (χ3n) is 3.91. The monoisotopic (exact) mass is 402 g/mol. The molecule has 4 rings (SSSR count). The Hall–Kier alpha value is -1.86. The largest absolute Gasteiger partial charge is 0.367 e. The lowest BCUT2D eigenvalue weighted by molar-refractivity contribution is 0.112. The van der Waals surface area contributed by atoms with E-state index in [1.54, 1.807) is 22.5 Å². The van der Waals surface area contributed by atoms with Crippen molar-refractivity contribution in [1.29, 1.82) is 0 Å². The average molecular weight is 403 g/mol. The van der Waals surface area contributed by atoms with Gasteiger partial charge >= 0.3 is 0 Å². The first-order chi connectivity index (χ1) is 11.8. The van der Waals surface area contributed by atoms with Gasteiger partial charge in [-0.1, -0.05) is 28.1 Å². The van der Waals surface area contributed by atoms with Crippen molar-refractivity contribution in [3.63, 3.8) is 0 Å². The lowest BCUT2D eigenvalue weighted by atomic mass is 10.1. The van der Waals surface area contributed by atoms with Gasteiger partial charge in [0.15, 0.2) is 11.9 Å². The van der Waals surface area contributed by atoms with Gasteiger partial charge in [0, 0.05) is 22.6 Å². The number of halogens is 1. The van der Waals surface area contributed by atoms with Crippen molar-refractivity contribution in [2.75, 3.05) is 9.98 Å². The molecule has 1 aliphatic carbocycles. The highest BCUT2D eigenvalue weighted by atomic mass is 79.9. The Kier molecular flexibility index (Phi) is 4.28. The molecule has 2 heterocycles. The molecule has 3 aromatic rings. The minimum Gasteiger partial charge on any atom is -0.367 e. The number of thioether (sulfide) groups is 1. The van der Waals surface area contributed by atoms with E-state index >= 15 is 0 Å². The van der Waals surface area contributed by atoms with Crippen LogP contribution in [0.15, 0.2) is 41.4 Å². The van der Waals surface area contributed by atoms with Gasteiger partial charge < -0.3 is 5.32 Å². The summed E-state index contributed by atoms with van der Waals surface area (Å²) in [5, 5.41) is 7.78. The Morgan fingerprint density at radius 3 is 3.00 bits per heavy atom. The van der Waals surface area contributed by atoms with Crippen LogP contribution in [-0.4, -0.2) is 31.6 Å². The molecule has 0 radical (unpaired) electrons. The first-order valence-corrected chi connectivity index (χ1v) is 9.79. The number of carbonyl (C=O) groups excluding carboxylic acids is 1. The van der Waals surface area contributed by atoms with E-state index in [2.05, 4.69) is 43.5 Å². The normalized spacial score (nSPS) is 14.0. The molecule has 122 valence electrons. The number of hydrogen-bond acceptors (Lipinski definition) is 5. The summed E-state index contributed by atoms with van der Waals surface area (Å²) in [6.45, 7) is 0. The molecule has 0 atom stereocenters. The molecule has 0 unspecified atom stereocenters. The van der Waals surface area contributed by atoms with Crippen molar-refractivity contribution >= 4 is 45.4 Å². The van der Waals surface area contributed by atoms with E-state index in [1.165, 1.54) is 17.7 Å². The van der Waals surface area contributed by atoms with Crippen LogP contribution in [0.25, 0.3) is 16.9 Å². The second-order valence-corrected chi connectivity index (χ2v) is 8.03. The third-order valence-corrected chi connectivity index (χ3v) is 5.29. The number of rotatable bonds is 6. The highest BCUT2D eigenvalue weighted by Crippen LogP contribution is 2.30. The Morgan fingerprint density at radius 1 is 1.38 bits per heavy atom. The van der Waals surface area contributed by atoms with Crippen LogP contribution >= 0.6 is 27.7 Å². The predicted molar refractivity (Wildman–Crippen MR) is 100 cm³/mol. The molecule has 5 nitrogen and oxygen atoms in total. The van der Waals surface area contributed by atoms with Gasteiger partial charge in [0.25, 0.3) is 0 Å². The summed E-state index contributed by atoms with van der Waals surface area (Å²) in [6.07, 6.45) is 4.70. The lowest BCUT2D eigenvalue weighted by Gasteiger charge is -2.10. The van der Waals surface area contributed by atoms with Crippen LogP contribution in [-0.2, 0) is 0 Å². The maximum absolute atomic E-state index is 11.3. The van der Waals surface area contributed by atoms with Crippen molar-refractivity contribution in [3.8, 4) is 11.3 Å². The number of nitrogens with zero attached hydrogens (tertiary/aromatic N) is 3. The Labute approximate surface area is 152 Å². The summed E-state index contributed by atoms with van der Waals surface area (Å²) in [5.74, 6) is 0.879. The SMILES string of the molecule is O=Cc1cnn2c(NC3CC3)cc(-c3cccc(SCBr)c3)nc12. The summed E-state index contributed by atoms with van der Waals surface area (Å²) in [5.41, 5.74) is 2.96. The third kappa shape index (κ3) is 3.06. The topological polar surface area (TPSA) is 59.3 Å². The van der Waals surface area contributed by atoms with Crippen molar-refractivity contribution in [1.82, 2.24) is 14.6 Å². The second kappa shape index (κ2) is 6.57. The summed E-state index contributed by atoms with van der Waals surface area (Å²) in [6, 6.07) is 10.7. The molecule has 1 N–H and O–H groups in total. The number of alkyl halides is 1. The molecule has 7 heteroatoms. The zero-order chi connectivity index (χ0) is 16.5. The summed E-state index contributed by atoms with van der Waals surface area (Å²) < 4.78 is 2.55. The number of anilines is 1. The second-order valence-electron chi connectivity index (χ2n) is 5.68. The van der Waals surface area contributed by atoms with Crippen LogP contribution < -0.4 is 5.32 Å². The fourth-order valence-corrected chi connectivity index (χ4v) is 3.86. The van der Waals surface area contributed by atoms with E-state index in [-0.39, 0.29) is 0 Å². The van der Waals surface area contributed by atoms with Gasteiger partial charge in [0.05, 0.1) is 22.1 Å². The fourth-order valence-electron chi connectivity index (χ4n) is 2.56. The first kappa shape index (κ1) is 15.7. The highest BCUT2D eigenvalue weighted by Gasteiger charge is 2.23. The maximum atomic E-state index is 11.3. The molecular formula is C17H15BrN4OS. The smallest absolute Gasteiger partial charge is 0.168 e. The Balaban J connectivity index is 1.84. The van der Waals surface area contributed by atoms with E-state index in [0.717, 1.165) is 28.0 Å². The summed E-state index contributed by atoms with van der Waals surface area (Å²) >= 11 is 5.17. The van der Waals surface area contributed by atoms with Crippen molar-refractivity contribution in [2.24, 2.45) is 0 Å². The van der Waals surface area contributed by atoms with E-state index in [1.807, 2.05) is 18.2 Å². The van der Waals surface area contributed by atoms with Gasteiger partial charge in [-0.3, -0.25) is 4.79 Å². The van der Waals surface area contributed by atoms with Crippen molar-refractivity contribution in [2.45, 2.75) is 23.8 Å². The minimum absolute atomic E-state index is 0.489. The average Bonchev–Trinajstić information content (AvgIpc) is 3.31. The predicted octanol–water partition coefficient (Wildman–Crippen LogP) is 4.23. The van der Waals surface area contributed by atoms with E-state index < -0.39 is 0 Å². The van der Waals surface area contributed by atoms with Gasteiger partial charge in [-0.05, 0) is 25.0 Å². The Morgan fingerprint density at radius 2 is 2.25 bits per heavy atom. The molecule has 0 bridgehead atoms. The lowest BCUT2D eigenvalue weighted by Crippen LogP contribution is -2.08. The number of fused-ring (bicyclic) bond motifs is 1. The standard InChI is InChI=1S/C17H15BrN4OS/c18-10-24-14-3-1-2-11(6-14)15-7-16(20-13-4-5-13)22-17(21-15)12(9-23)8-19-22/h1-3,6-9,13,20H,4-5,10H2. The Bertz CT molecular complexity index is 907. The van der Waals surface area contributed by atoms with E-state index in [0.29, 0.717) is 17.3 Å². The molecule has 2 aromatic heterocycles. The molecule has 0 aliphatic heterocycles. The molecule has 24 heavy (non-hydrogen) atoms. The minimum atomic E-state index is 0.489. The summed E-state index contributed by atoms with van der Waals surface area (Å²) in [7, 11) is 0. The zero-order valence-electron chi connectivity index (χ0n) is 12.8. The molecule has 1 aliphatic rings. The van der Waals surface area contributed by atoms with Gasteiger partial charge in [-0.25, -0.2) is 4.98 Å². The number of aldehydes is 1. The van der Waals surface area contributed by atoms with E-state index in [9.17, 15) is 4.79 Å².